The summed E-state index contributed by atoms with van der Waals surface area (Å²) in [5.41, 5.74) is 2.21. The minimum absolute atomic E-state index is 0.214. The largest absolute Gasteiger partial charge is 0.487 e. The Kier molecular flexibility index (Phi) is 4.06. The highest BCUT2D eigenvalue weighted by Crippen LogP contribution is 2.28. The second kappa shape index (κ2) is 6.16. The van der Waals surface area contributed by atoms with Crippen molar-refractivity contribution in [2.75, 3.05) is 0 Å². The normalized spacial score (nSPS) is 11.1. The Balaban J connectivity index is 2.03. The van der Waals surface area contributed by atoms with Gasteiger partial charge in [0.2, 0.25) is 0 Å². The molecule has 1 N–H and O–H groups in total. The van der Waals surface area contributed by atoms with Crippen LogP contribution in [0, 0.1) is 0 Å². The maximum atomic E-state index is 11.4. The van der Waals surface area contributed by atoms with Crippen molar-refractivity contribution >= 4 is 16.9 Å². The third-order valence-corrected chi connectivity index (χ3v) is 3.84. The van der Waals surface area contributed by atoms with Crippen LogP contribution in [0.4, 0.5) is 0 Å². The third-order valence-electron chi connectivity index (χ3n) is 3.84. The van der Waals surface area contributed by atoms with E-state index in [1.165, 1.54) is 0 Å². The number of carbonyl (C=O) groups is 1. The molecule has 4 nitrogen and oxygen atoms in total. The summed E-state index contributed by atoms with van der Waals surface area (Å²) in [6, 6.07) is 17.1. The zero-order valence-electron chi connectivity index (χ0n) is 13.2. The maximum absolute atomic E-state index is 11.4. The Morgan fingerprint density at radius 3 is 2.52 bits per heavy atom. The van der Waals surface area contributed by atoms with Gasteiger partial charge in [-0.05, 0) is 44.2 Å². The Morgan fingerprint density at radius 2 is 1.87 bits per heavy atom. The van der Waals surface area contributed by atoms with Gasteiger partial charge in [0.05, 0.1) is 11.3 Å². The number of aromatic carboxylic acids is 1. The Bertz CT molecular complexity index is 834. The first-order valence-electron chi connectivity index (χ1n) is 7.62. The van der Waals surface area contributed by atoms with Crippen LogP contribution in [0.3, 0.4) is 0 Å². The van der Waals surface area contributed by atoms with Crippen molar-refractivity contribution in [3.63, 3.8) is 0 Å². The van der Waals surface area contributed by atoms with E-state index in [1.807, 2.05) is 42.5 Å². The molecule has 0 spiro atoms. The number of benzene rings is 2. The molecule has 0 fully saturated rings. The fourth-order valence-corrected chi connectivity index (χ4v) is 2.89. The van der Waals surface area contributed by atoms with Crippen molar-refractivity contribution in [3.05, 3.63) is 65.9 Å². The molecular formula is C19H19NO3. The van der Waals surface area contributed by atoms with Gasteiger partial charge < -0.3 is 14.4 Å². The van der Waals surface area contributed by atoms with Crippen LogP contribution in [0.5, 0.6) is 5.75 Å². The average Bonchev–Trinajstić information content (AvgIpc) is 2.92. The van der Waals surface area contributed by atoms with Gasteiger partial charge in [0.25, 0.3) is 0 Å². The van der Waals surface area contributed by atoms with E-state index in [2.05, 4.69) is 18.4 Å². The molecule has 0 atom stereocenters. The van der Waals surface area contributed by atoms with Gasteiger partial charge in [-0.15, -0.1) is 0 Å². The van der Waals surface area contributed by atoms with E-state index < -0.39 is 5.97 Å². The summed E-state index contributed by atoms with van der Waals surface area (Å²) in [4.78, 5) is 11.4. The summed E-state index contributed by atoms with van der Waals surface area (Å²) in [5.74, 6) is -0.112. The molecule has 0 radical (unpaired) electrons. The molecule has 0 amide bonds. The van der Waals surface area contributed by atoms with Crippen molar-refractivity contribution in [2.45, 2.75) is 26.5 Å². The molecule has 0 aliphatic heterocycles. The fraction of sp³-hybridized carbons (Fsp3) is 0.211. The second-order valence-electron chi connectivity index (χ2n) is 5.74. The Hall–Kier alpha value is -2.75. The summed E-state index contributed by atoms with van der Waals surface area (Å²) in [6.07, 6.45) is 0. The van der Waals surface area contributed by atoms with E-state index in [0.29, 0.717) is 12.2 Å². The molecule has 3 rings (SSSR count). The van der Waals surface area contributed by atoms with Crippen molar-refractivity contribution in [2.24, 2.45) is 0 Å². The number of fused-ring (bicyclic) bond motifs is 1. The molecule has 0 saturated heterocycles. The van der Waals surface area contributed by atoms with Gasteiger partial charge in [-0.1, -0.05) is 24.3 Å². The van der Waals surface area contributed by atoms with Gasteiger partial charge in [-0.2, -0.15) is 0 Å². The summed E-state index contributed by atoms with van der Waals surface area (Å²) >= 11 is 0. The lowest BCUT2D eigenvalue weighted by Gasteiger charge is -2.15. The standard InChI is InChI=1S/C19H19NO3/c1-13(2)20-14(12-23-15-7-4-3-5-8-15)11-17-16(19(21)22)9-6-10-18(17)20/h3-11,13H,12H2,1-2H3,(H,21,22). The first-order valence-corrected chi connectivity index (χ1v) is 7.62. The number of carboxylic acid groups (broad SMARTS) is 1. The summed E-state index contributed by atoms with van der Waals surface area (Å²) in [7, 11) is 0. The van der Waals surface area contributed by atoms with Gasteiger partial charge in [0, 0.05) is 16.9 Å². The van der Waals surface area contributed by atoms with E-state index >= 15 is 0 Å². The lowest BCUT2D eigenvalue weighted by molar-refractivity contribution is 0.0699. The molecule has 0 saturated carbocycles. The van der Waals surface area contributed by atoms with Gasteiger partial charge >= 0.3 is 5.97 Å². The van der Waals surface area contributed by atoms with Gasteiger partial charge in [-0.3, -0.25) is 0 Å². The zero-order chi connectivity index (χ0) is 16.4. The van der Waals surface area contributed by atoms with Crippen LogP contribution in [0.25, 0.3) is 10.9 Å². The van der Waals surface area contributed by atoms with Gasteiger partial charge in [0.1, 0.15) is 12.4 Å². The molecule has 1 heterocycles. The van der Waals surface area contributed by atoms with Crippen LogP contribution in [-0.2, 0) is 6.61 Å². The van der Waals surface area contributed by atoms with Crippen LogP contribution in [0.1, 0.15) is 35.9 Å². The molecular weight excluding hydrogens is 290 g/mol. The summed E-state index contributed by atoms with van der Waals surface area (Å²) in [6.45, 7) is 4.56. The molecule has 1 aromatic heterocycles. The Labute approximate surface area is 134 Å². The predicted octanol–water partition coefficient (Wildman–Crippen LogP) is 4.50. The molecule has 4 heteroatoms. The Morgan fingerprint density at radius 1 is 1.13 bits per heavy atom. The van der Waals surface area contributed by atoms with E-state index in [-0.39, 0.29) is 6.04 Å². The highest BCUT2D eigenvalue weighted by Gasteiger charge is 2.17. The van der Waals surface area contributed by atoms with E-state index in [9.17, 15) is 9.90 Å². The van der Waals surface area contributed by atoms with Crippen molar-refractivity contribution < 1.29 is 14.6 Å². The first-order chi connectivity index (χ1) is 11.1. The molecule has 23 heavy (non-hydrogen) atoms. The monoisotopic (exact) mass is 309 g/mol. The minimum atomic E-state index is -0.910. The van der Waals surface area contributed by atoms with Gasteiger partial charge in [-0.25, -0.2) is 4.79 Å². The number of hydrogen-bond donors (Lipinski definition) is 1. The predicted molar refractivity (Wildman–Crippen MR) is 90.1 cm³/mol. The first kappa shape index (κ1) is 15.2. The number of aromatic nitrogens is 1. The number of carboxylic acids is 1. The topological polar surface area (TPSA) is 51.5 Å². The lowest BCUT2D eigenvalue weighted by Crippen LogP contribution is -2.08. The summed E-state index contributed by atoms with van der Waals surface area (Å²) in [5, 5.41) is 10.1. The van der Waals surface area contributed by atoms with E-state index in [4.69, 9.17) is 4.74 Å². The third kappa shape index (κ3) is 2.93. The number of ether oxygens (including phenoxy) is 1. The quantitative estimate of drug-likeness (QED) is 0.755. The molecule has 3 aromatic rings. The highest BCUT2D eigenvalue weighted by molar-refractivity contribution is 6.03. The lowest BCUT2D eigenvalue weighted by atomic mass is 10.1. The second-order valence-corrected chi connectivity index (χ2v) is 5.74. The minimum Gasteiger partial charge on any atom is -0.487 e. The molecule has 2 aromatic carbocycles. The highest BCUT2D eigenvalue weighted by atomic mass is 16.5. The summed E-state index contributed by atoms with van der Waals surface area (Å²) < 4.78 is 7.97. The van der Waals surface area contributed by atoms with Crippen molar-refractivity contribution in [1.82, 2.24) is 4.57 Å². The molecule has 0 bridgehead atoms. The van der Waals surface area contributed by atoms with Crippen LogP contribution >= 0.6 is 0 Å². The fourth-order valence-electron chi connectivity index (χ4n) is 2.89. The van der Waals surface area contributed by atoms with Crippen LogP contribution in [-0.4, -0.2) is 15.6 Å². The van der Waals surface area contributed by atoms with E-state index in [0.717, 1.165) is 22.3 Å². The molecule has 0 unspecified atom stereocenters. The smallest absolute Gasteiger partial charge is 0.336 e. The average molecular weight is 309 g/mol. The van der Waals surface area contributed by atoms with Crippen molar-refractivity contribution in [1.29, 1.82) is 0 Å². The van der Waals surface area contributed by atoms with Crippen molar-refractivity contribution in [3.8, 4) is 5.75 Å². The van der Waals surface area contributed by atoms with Crippen LogP contribution in [0.15, 0.2) is 54.6 Å². The van der Waals surface area contributed by atoms with Crippen LogP contribution < -0.4 is 4.74 Å². The van der Waals surface area contributed by atoms with Gasteiger partial charge in [0.15, 0.2) is 0 Å². The molecule has 118 valence electrons. The molecule has 0 aliphatic rings. The number of hydrogen-bond acceptors (Lipinski definition) is 2. The molecule has 0 aliphatic carbocycles. The number of para-hydroxylation sites is 1. The van der Waals surface area contributed by atoms with Crippen LogP contribution in [0.2, 0.25) is 0 Å². The zero-order valence-corrected chi connectivity index (χ0v) is 13.2. The number of nitrogens with zero attached hydrogens (tertiary/aromatic N) is 1. The van der Waals surface area contributed by atoms with E-state index in [1.54, 1.807) is 12.1 Å². The SMILES string of the molecule is CC(C)n1c(COc2ccccc2)cc2c(C(=O)O)cccc21. The number of rotatable bonds is 5. The maximum Gasteiger partial charge on any atom is 0.336 e.